The largest absolute Gasteiger partial charge is 0.338 e. The van der Waals surface area contributed by atoms with Gasteiger partial charge in [0.05, 0.1) is 0 Å². The van der Waals surface area contributed by atoms with Gasteiger partial charge in [0.2, 0.25) is 0 Å². The lowest BCUT2D eigenvalue weighted by atomic mass is 9.79. The number of rotatable bonds is 5. The third kappa shape index (κ3) is 3.51. The van der Waals surface area contributed by atoms with E-state index >= 15 is 0 Å². The Balaban J connectivity index is 1.79. The summed E-state index contributed by atoms with van der Waals surface area (Å²) >= 11 is 0. The minimum absolute atomic E-state index is 0.0281. The maximum absolute atomic E-state index is 12.1. The quantitative estimate of drug-likeness (QED) is 0.526. The highest BCUT2D eigenvalue weighted by molar-refractivity contribution is 6.06. The van der Waals surface area contributed by atoms with E-state index in [9.17, 15) is 14.4 Å². The molecule has 0 spiro atoms. The Labute approximate surface area is 131 Å². The predicted molar refractivity (Wildman–Crippen MR) is 82.3 cm³/mol. The second-order valence-electron chi connectivity index (χ2n) is 6.31. The standard InChI is InChI=1S/C15H26N4O3/c1-3-4-5-8-16-14(22)19-9-6-11(7-10-19)15(2)12(20)17-13(21)18-15/h11H,3-10H2,1-2H3,(H,16,22)(H2,17,18,20,21). The van der Waals surface area contributed by atoms with Crippen molar-refractivity contribution >= 4 is 18.0 Å². The van der Waals surface area contributed by atoms with Crippen LogP contribution in [0.4, 0.5) is 9.59 Å². The molecule has 1 atom stereocenters. The molecule has 7 nitrogen and oxygen atoms in total. The van der Waals surface area contributed by atoms with Gasteiger partial charge in [-0.15, -0.1) is 0 Å². The highest BCUT2D eigenvalue weighted by Gasteiger charge is 2.48. The van der Waals surface area contributed by atoms with Crippen LogP contribution in [0.2, 0.25) is 0 Å². The van der Waals surface area contributed by atoms with Gasteiger partial charge in [0.1, 0.15) is 5.54 Å². The molecule has 0 aromatic heterocycles. The minimum atomic E-state index is -0.846. The Kier molecular flexibility index (Phi) is 5.26. The predicted octanol–water partition coefficient (Wildman–Crippen LogP) is 1.20. The van der Waals surface area contributed by atoms with Gasteiger partial charge in [0.15, 0.2) is 0 Å². The molecule has 2 heterocycles. The molecule has 7 heteroatoms. The van der Waals surface area contributed by atoms with Crippen LogP contribution in [-0.4, -0.2) is 48.0 Å². The van der Waals surface area contributed by atoms with Crippen LogP contribution in [0.3, 0.4) is 0 Å². The summed E-state index contributed by atoms with van der Waals surface area (Å²) in [6.07, 6.45) is 4.69. The average molecular weight is 310 g/mol. The van der Waals surface area contributed by atoms with E-state index in [2.05, 4.69) is 22.9 Å². The van der Waals surface area contributed by atoms with Crippen LogP contribution in [0.25, 0.3) is 0 Å². The van der Waals surface area contributed by atoms with Gasteiger partial charge in [-0.2, -0.15) is 0 Å². The van der Waals surface area contributed by atoms with Crippen molar-refractivity contribution in [3.05, 3.63) is 0 Å². The molecule has 2 aliphatic rings. The molecular weight excluding hydrogens is 284 g/mol. The van der Waals surface area contributed by atoms with Crippen molar-refractivity contribution in [1.29, 1.82) is 0 Å². The fraction of sp³-hybridized carbons (Fsp3) is 0.800. The van der Waals surface area contributed by atoms with Crippen molar-refractivity contribution in [1.82, 2.24) is 20.9 Å². The summed E-state index contributed by atoms with van der Waals surface area (Å²) in [4.78, 5) is 37.1. The van der Waals surface area contributed by atoms with Crippen LogP contribution >= 0.6 is 0 Å². The minimum Gasteiger partial charge on any atom is -0.338 e. The van der Waals surface area contributed by atoms with E-state index in [0.717, 1.165) is 19.3 Å². The number of hydrogen-bond acceptors (Lipinski definition) is 3. The van der Waals surface area contributed by atoms with Gasteiger partial charge in [-0.3, -0.25) is 10.1 Å². The molecule has 0 saturated carbocycles. The molecular formula is C15H26N4O3. The lowest BCUT2D eigenvalue weighted by Gasteiger charge is -2.38. The molecule has 5 amide bonds. The van der Waals surface area contributed by atoms with Crippen LogP contribution in [0.15, 0.2) is 0 Å². The van der Waals surface area contributed by atoms with Gasteiger partial charge >= 0.3 is 12.1 Å². The molecule has 1 unspecified atom stereocenters. The maximum atomic E-state index is 12.1. The van der Waals surface area contributed by atoms with E-state index < -0.39 is 11.6 Å². The SMILES string of the molecule is CCCCCNC(=O)N1CCC(C2(C)NC(=O)NC2=O)CC1. The third-order valence-corrected chi connectivity index (χ3v) is 4.73. The van der Waals surface area contributed by atoms with E-state index in [1.54, 1.807) is 11.8 Å². The fourth-order valence-electron chi connectivity index (χ4n) is 3.19. The fourth-order valence-corrected chi connectivity index (χ4v) is 3.19. The monoisotopic (exact) mass is 310 g/mol. The lowest BCUT2D eigenvalue weighted by molar-refractivity contribution is -0.125. The summed E-state index contributed by atoms with van der Waals surface area (Å²) in [5.41, 5.74) is -0.846. The highest BCUT2D eigenvalue weighted by atomic mass is 16.2. The first-order valence-electron chi connectivity index (χ1n) is 8.13. The van der Waals surface area contributed by atoms with Crippen molar-refractivity contribution in [2.24, 2.45) is 5.92 Å². The Bertz CT molecular complexity index is 446. The van der Waals surface area contributed by atoms with Gasteiger partial charge < -0.3 is 15.5 Å². The molecule has 0 aromatic rings. The number of nitrogens with zero attached hydrogens (tertiary/aromatic N) is 1. The maximum Gasteiger partial charge on any atom is 0.322 e. The number of imide groups is 1. The molecule has 0 radical (unpaired) electrons. The van der Waals surface area contributed by atoms with Crippen molar-refractivity contribution in [3.8, 4) is 0 Å². The number of nitrogens with one attached hydrogen (secondary N) is 3. The van der Waals surface area contributed by atoms with Crippen LogP contribution in [-0.2, 0) is 4.79 Å². The highest BCUT2D eigenvalue weighted by Crippen LogP contribution is 2.30. The first-order valence-corrected chi connectivity index (χ1v) is 8.13. The van der Waals surface area contributed by atoms with Gasteiger partial charge in [-0.1, -0.05) is 19.8 Å². The summed E-state index contributed by atoms with van der Waals surface area (Å²) < 4.78 is 0. The molecule has 2 aliphatic heterocycles. The molecule has 0 bridgehead atoms. The second-order valence-corrected chi connectivity index (χ2v) is 6.31. The Hall–Kier alpha value is -1.79. The van der Waals surface area contributed by atoms with Crippen molar-refractivity contribution in [2.75, 3.05) is 19.6 Å². The number of likely N-dealkylation sites (tertiary alicyclic amines) is 1. The lowest BCUT2D eigenvalue weighted by Crippen LogP contribution is -2.55. The van der Waals surface area contributed by atoms with E-state index in [0.29, 0.717) is 32.5 Å². The molecule has 0 aliphatic carbocycles. The molecule has 124 valence electrons. The Morgan fingerprint density at radius 3 is 2.55 bits per heavy atom. The third-order valence-electron chi connectivity index (χ3n) is 4.73. The number of urea groups is 2. The van der Waals surface area contributed by atoms with Gasteiger partial charge in [-0.25, -0.2) is 9.59 Å². The topological polar surface area (TPSA) is 90.5 Å². The first kappa shape index (κ1) is 16.6. The zero-order valence-corrected chi connectivity index (χ0v) is 13.4. The van der Waals surface area contributed by atoms with Crippen molar-refractivity contribution < 1.29 is 14.4 Å². The van der Waals surface area contributed by atoms with E-state index in [4.69, 9.17) is 0 Å². The zero-order chi connectivity index (χ0) is 16.2. The number of hydrogen-bond donors (Lipinski definition) is 3. The summed E-state index contributed by atoms with van der Waals surface area (Å²) in [7, 11) is 0. The summed E-state index contributed by atoms with van der Waals surface area (Å²) in [5.74, 6) is -0.206. The molecule has 0 aromatic carbocycles. The number of carbonyl (C=O) groups is 3. The molecule has 22 heavy (non-hydrogen) atoms. The normalized spacial score (nSPS) is 25.8. The van der Waals surface area contributed by atoms with Crippen LogP contribution < -0.4 is 16.0 Å². The van der Waals surface area contributed by atoms with Crippen LogP contribution in [0.1, 0.15) is 46.0 Å². The van der Waals surface area contributed by atoms with Crippen molar-refractivity contribution in [3.63, 3.8) is 0 Å². The average Bonchev–Trinajstić information content (AvgIpc) is 2.77. The van der Waals surface area contributed by atoms with Crippen LogP contribution in [0, 0.1) is 5.92 Å². The Morgan fingerprint density at radius 1 is 1.32 bits per heavy atom. The summed E-state index contributed by atoms with van der Waals surface area (Å²) in [6.45, 7) is 5.83. The molecule has 2 fully saturated rings. The van der Waals surface area contributed by atoms with E-state index in [-0.39, 0.29) is 17.9 Å². The van der Waals surface area contributed by atoms with Gasteiger partial charge in [-0.05, 0) is 32.1 Å². The second kappa shape index (κ2) is 6.98. The number of amides is 5. The van der Waals surface area contributed by atoms with Gasteiger partial charge in [0, 0.05) is 19.6 Å². The van der Waals surface area contributed by atoms with E-state index in [1.165, 1.54) is 0 Å². The zero-order valence-electron chi connectivity index (χ0n) is 13.4. The van der Waals surface area contributed by atoms with Crippen molar-refractivity contribution in [2.45, 2.75) is 51.5 Å². The molecule has 2 saturated heterocycles. The number of carbonyl (C=O) groups excluding carboxylic acids is 3. The van der Waals surface area contributed by atoms with E-state index in [1.807, 2.05) is 0 Å². The smallest absolute Gasteiger partial charge is 0.322 e. The summed E-state index contributed by atoms with van der Waals surface area (Å²) in [5, 5.41) is 7.95. The summed E-state index contributed by atoms with van der Waals surface area (Å²) in [6, 6.07) is -0.455. The van der Waals surface area contributed by atoms with Crippen LogP contribution in [0.5, 0.6) is 0 Å². The number of unbranched alkanes of at least 4 members (excludes halogenated alkanes) is 2. The molecule has 2 rings (SSSR count). The van der Waals surface area contributed by atoms with Gasteiger partial charge in [0.25, 0.3) is 5.91 Å². The molecule has 3 N–H and O–H groups in total. The Morgan fingerprint density at radius 2 is 2.00 bits per heavy atom. The number of piperidine rings is 1. The first-order chi connectivity index (χ1) is 10.5.